The molecule has 11 aromatic carbocycles. The lowest BCUT2D eigenvalue weighted by molar-refractivity contribution is -0.164. The van der Waals surface area contributed by atoms with Crippen LogP contribution in [0.25, 0.3) is 44.5 Å². The van der Waals surface area contributed by atoms with E-state index in [4.69, 9.17) is 58.8 Å². The van der Waals surface area contributed by atoms with Gasteiger partial charge in [-0.25, -0.2) is 32.3 Å². The Morgan fingerprint density at radius 1 is 0.402 bits per heavy atom. The third-order valence-electron chi connectivity index (χ3n) is 22.6. The van der Waals surface area contributed by atoms with Gasteiger partial charge in [-0.3, -0.25) is 0 Å². The number of hydrogen-bond donors (Lipinski definition) is 6. The lowest BCUT2D eigenvalue weighted by Crippen LogP contribution is -2.29. The van der Waals surface area contributed by atoms with Gasteiger partial charge in [0.05, 0.1) is 66.5 Å². The number of fused-ring (bicyclic) bond motifs is 4. The number of benzene rings is 11. The number of nitrogens with two attached hydrogens (primary N) is 2. The van der Waals surface area contributed by atoms with Crippen molar-refractivity contribution < 1.29 is 89.9 Å². The molecule has 700 valence electrons. The van der Waals surface area contributed by atoms with Crippen LogP contribution < -0.4 is 36.3 Å². The van der Waals surface area contributed by atoms with Gasteiger partial charge in [0.15, 0.2) is 24.4 Å². The second-order valence-corrected chi connectivity index (χ2v) is 38.2. The van der Waals surface area contributed by atoms with Crippen LogP contribution in [0.1, 0.15) is 213 Å². The highest BCUT2D eigenvalue weighted by Gasteiger charge is 2.41. The fraction of sp³-hybridized carbons (Fsp3) is 0.352. The zero-order valence-corrected chi connectivity index (χ0v) is 82.2. The quantitative estimate of drug-likeness (QED) is 0.0190. The number of carboxylic acids is 1. The number of aryl methyl sites for hydroxylation is 4. The summed E-state index contributed by atoms with van der Waals surface area (Å²) in [6, 6.07) is 45.5. The van der Waals surface area contributed by atoms with E-state index in [1.807, 2.05) is 249 Å². The number of phenols is 1. The summed E-state index contributed by atoms with van der Waals surface area (Å²) >= 11 is 3.45. The summed E-state index contributed by atoms with van der Waals surface area (Å²) in [7, 11) is 4.04. The Hall–Kier alpha value is -12.2. The molecule has 24 heteroatoms. The molecule has 2 aliphatic rings. The number of anilines is 6. The molecular weight excluding hydrogens is 1750 g/mol. The minimum Gasteiger partial charge on any atom is -0.505 e. The van der Waals surface area contributed by atoms with Crippen molar-refractivity contribution in [3.8, 4) is 67.5 Å². The molecule has 0 saturated carbocycles. The Labute approximate surface area is 782 Å². The maximum atomic E-state index is 13.9. The van der Waals surface area contributed by atoms with Crippen LogP contribution in [0.5, 0.6) is 23.0 Å². The zero-order chi connectivity index (χ0) is 97.6. The van der Waals surface area contributed by atoms with E-state index >= 15 is 0 Å². The van der Waals surface area contributed by atoms with Crippen LogP contribution in [-0.2, 0) is 72.2 Å². The summed E-state index contributed by atoms with van der Waals surface area (Å²) in [6.45, 7) is 46.1. The average Bonchev–Trinajstić information content (AvgIpc) is 1.48. The maximum absolute atomic E-state index is 13.9. The molecule has 0 saturated heterocycles. The van der Waals surface area contributed by atoms with Crippen LogP contribution in [0.4, 0.5) is 47.3 Å². The number of nitrogen functional groups attached to an aromatic ring is 2. The third kappa shape index (κ3) is 23.8. The molecule has 2 heterocycles. The number of hydrogen-bond acceptors (Lipinski definition) is 19. The van der Waals surface area contributed by atoms with Gasteiger partial charge in [0.2, 0.25) is 0 Å². The normalized spacial score (nSPS) is 13.1. The minimum atomic E-state index is -1.20. The Kier molecular flexibility index (Phi) is 32.2. The van der Waals surface area contributed by atoms with Crippen molar-refractivity contribution >= 4 is 73.9 Å². The molecule has 4 atom stereocenters. The number of phenolic OH excluding ortho intramolecular Hbond substituents is 1. The standard InChI is InChI=1S/C29H33BrFNO4.C29H32FNO4.C28H30FNO4.C22H29NO4/c1-16-8-10-19(11-9-16)23-18(3)26(35-15-20-14-21(31)12-13-22(20)30)25(32)17(2)24(23)27(28(33)34-7)36-29(4,5)6;1-16-8-10-19(11-9-16)23-18(3)26-25(31-22-13-12-21(30)14-20(22)15-34-26)17(2)24(23)27(28(32)33-7)35-29(4,5)6;1-15-7-9-18(10-8-15)22-17(3)25-24(30-21-12-11-20(29)13-19(21)14-33-25)16(2)23(22)26(27(31)32)34-28(4,5)6;1-12-8-10-15(11-9-12)16-14(3)19(24)18(23)13(2)17(16)20(21(25)26-7)27-22(4,5)6/h8-14,27H,15,32H2,1-7H3;8-14,27,31H,15H2,1-7H3;7-13,26,30H,14H2,1-6H3,(H,31,32);8-11,20,24H,23H2,1-7H3/t2*27-;26-;20-/m0000/s1. The molecule has 0 amide bonds. The number of carbonyl (C=O) groups excluding carboxylic acids is 3. The molecule has 8 N–H and O–H groups in total. The average molecular weight is 1870 g/mol. The first kappa shape index (κ1) is 102. The molecule has 0 unspecified atom stereocenters. The van der Waals surface area contributed by atoms with Crippen molar-refractivity contribution in [2.45, 2.75) is 233 Å². The predicted molar refractivity (Wildman–Crippen MR) is 519 cm³/mol. The van der Waals surface area contributed by atoms with Gasteiger partial charge in [-0.2, -0.15) is 0 Å². The molecule has 13 rings (SSSR count). The highest BCUT2D eigenvalue weighted by atomic mass is 79.9. The number of carboxylic acid groups (broad SMARTS) is 1. The van der Waals surface area contributed by atoms with Crippen molar-refractivity contribution in [1.82, 2.24) is 0 Å². The summed E-state index contributed by atoms with van der Waals surface area (Å²) in [4.78, 5) is 51.3. The van der Waals surface area contributed by atoms with Crippen LogP contribution >= 0.6 is 15.9 Å². The molecule has 0 radical (unpaired) electrons. The summed E-state index contributed by atoms with van der Waals surface area (Å²) < 4.78 is 101. The number of esters is 3. The second-order valence-electron chi connectivity index (χ2n) is 37.3. The minimum absolute atomic E-state index is 0.0196. The smallest absolute Gasteiger partial charge is 0.339 e. The highest BCUT2D eigenvalue weighted by molar-refractivity contribution is 9.10. The van der Waals surface area contributed by atoms with Crippen molar-refractivity contribution in [2.24, 2.45) is 0 Å². The van der Waals surface area contributed by atoms with Gasteiger partial charge in [-0.05, 0) is 288 Å². The fourth-order valence-corrected chi connectivity index (χ4v) is 16.6. The fourth-order valence-electron chi connectivity index (χ4n) is 16.2. The van der Waals surface area contributed by atoms with E-state index in [1.165, 1.54) is 57.7 Å². The van der Waals surface area contributed by atoms with E-state index in [-0.39, 0.29) is 48.7 Å². The van der Waals surface area contributed by atoms with Crippen molar-refractivity contribution in [2.75, 3.05) is 43.4 Å². The van der Waals surface area contributed by atoms with Gasteiger partial charge < -0.3 is 79.7 Å². The van der Waals surface area contributed by atoms with E-state index in [9.17, 15) is 42.6 Å². The number of nitrogens with one attached hydrogen (secondary N) is 2. The number of halogens is 4. The number of methoxy groups -OCH3 is 3. The van der Waals surface area contributed by atoms with Crippen LogP contribution in [-0.4, -0.2) is 77.8 Å². The summed E-state index contributed by atoms with van der Waals surface area (Å²) in [5.41, 5.74) is 35.3. The van der Waals surface area contributed by atoms with Gasteiger partial charge in [-0.1, -0.05) is 135 Å². The molecule has 0 fully saturated rings. The Balaban J connectivity index is 0.000000184. The van der Waals surface area contributed by atoms with E-state index in [0.29, 0.717) is 89.8 Å². The van der Waals surface area contributed by atoms with Crippen LogP contribution in [0.3, 0.4) is 0 Å². The largest absolute Gasteiger partial charge is 0.505 e. The molecule has 0 aliphatic carbocycles. The molecule has 11 aromatic rings. The lowest BCUT2D eigenvalue weighted by Gasteiger charge is -2.31. The van der Waals surface area contributed by atoms with Crippen LogP contribution in [0.2, 0.25) is 0 Å². The molecule has 0 bridgehead atoms. The van der Waals surface area contributed by atoms with Crippen LogP contribution in [0, 0.1) is 101 Å². The number of aliphatic carboxylic acids is 1. The summed E-state index contributed by atoms with van der Waals surface area (Å²) in [5, 5.41) is 27.6. The molecule has 132 heavy (non-hydrogen) atoms. The summed E-state index contributed by atoms with van der Waals surface area (Å²) in [6.07, 6.45) is -4.12. The van der Waals surface area contributed by atoms with Crippen LogP contribution in [0.15, 0.2) is 156 Å². The van der Waals surface area contributed by atoms with Gasteiger partial charge in [-0.15, -0.1) is 0 Å². The SMILES string of the molecule is COC(=O)[C@@H](OC(C)(C)C)c1c(C)c(N)c(O)c(C)c1-c1ccc(C)cc1.COC(=O)[C@@H](OC(C)(C)C)c1c(C)c(N)c(OCc2cc(F)ccc2Br)c(C)c1-c1ccc(C)cc1.COC(=O)[C@@H](OC(C)(C)C)c1c(C)c2c(c(C)c1-c1ccc(C)cc1)OCc1cc(F)ccc1N2.Cc1ccc(-c2c(C)c3c(c(C)c2[C@H](OC(C)(C)C)C(=O)O)Nc2ccc(F)cc2CO3)cc1. The number of rotatable bonds is 19. The van der Waals surface area contributed by atoms with E-state index in [0.717, 1.165) is 111 Å². The highest BCUT2D eigenvalue weighted by Crippen LogP contribution is 2.54. The van der Waals surface area contributed by atoms with Gasteiger partial charge in [0, 0.05) is 77.0 Å². The Morgan fingerprint density at radius 2 is 0.697 bits per heavy atom. The monoisotopic (exact) mass is 1870 g/mol. The predicted octanol–water partition coefficient (Wildman–Crippen LogP) is 26.0. The van der Waals surface area contributed by atoms with E-state index < -0.39 is 70.7 Å². The van der Waals surface area contributed by atoms with Gasteiger partial charge >= 0.3 is 23.9 Å². The molecule has 0 aromatic heterocycles. The first-order valence-corrected chi connectivity index (χ1v) is 44.3. The molecule has 0 spiro atoms. The molecule has 2 aliphatic heterocycles. The number of ether oxygens (including phenoxy) is 10. The topological polar surface area (TPSA) is 277 Å². The maximum Gasteiger partial charge on any atom is 0.339 e. The van der Waals surface area contributed by atoms with Gasteiger partial charge in [0.1, 0.15) is 60.3 Å². The number of aromatic hydroxyl groups is 1. The third-order valence-corrected chi connectivity index (χ3v) is 23.4. The van der Waals surface area contributed by atoms with Crippen molar-refractivity contribution in [1.29, 1.82) is 0 Å². The first-order chi connectivity index (χ1) is 61.8. The first-order valence-electron chi connectivity index (χ1n) is 43.5. The van der Waals surface area contributed by atoms with Crippen molar-refractivity contribution in [3.05, 3.63) is 279 Å². The summed E-state index contributed by atoms with van der Waals surface area (Å²) in [5.74, 6) is -1.81. The zero-order valence-electron chi connectivity index (χ0n) is 80.6. The van der Waals surface area contributed by atoms with E-state index in [1.54, 1.807) is 32.0 Å². The Morgan fingerprint density at radius 3 is 1.03 bits per heavy atom. The number of carbonyl (C=O) groups is 4. The van der Waals surface area contributed by atoms with Gasteiger partial charge in [0.25, 0.3) is 0 Å². The lowest BCUT2D eigenvalue weighted by atomic mass is 9.86. The Bertz CT molecular complexity index is 6130. The molecular formula is C108H124BrF3N4O16. The molecule has 20 nitrogen and oxygen atoms in total. The van der Waals surface area contributed by atoms with Crippen molar-refractivity contribution in [3.63, 3.8) is 0 Å². The second kappa shape index (κ2) is 41.7. The van der Waals surface area contributed by atoms with E-state index in [2.05, 4.69) is 26.6 Å².